The van der Waals surface area contributed by atoms with E-state index in [0.29, 0.717) is 18.3 Å². The number of hydroxylamine groups is 1. The summed E-state index contributed by atoms with van der Waals surface area (Å²) < 4.78 is 6.98. The summed E-state index contributed by atoms with van der Waals surface area (Å²) in [5, 5.41) is 16.8. The van der Waals surface area contributed by atoms with E-state index in [2.05, 4.69) is 20.2 Å². The molecule has 0 spiro atoms. The molecule has 0 bridgehead atoms. The van der Waals surface area contributed by atoms with E-state index in [1.807, 2.05) is 0 Å². The van der Waals surface area contributed by atoms with Crippen LogP contribution in [-0.2, 0) is 11.3 Å². The molecule has 26 heavy (non-hydrogen) atoms. The van der Waals surface area contributed by atoms with Gasteiger partial charge < -0.3 is 4.52 Å². The van der Waals surface area contributed by atoms with Gasteiger partial charge in [-0.3, -0.25) is 10.0 Å². The van der Waals surface area contributed by atoms with Crippen LogP contribution in [0, 0.1) is 5.92 Å². The summed E-state index contributed by atoms with van der Waals surface area (Å²) >= 11 is 0. The zero-order valence-corrected chi connectivity index (χ0v) is 14.9. The highest BCUT2D eigenvalue weighted by molar-refractivity contribution is 5.75. The van der Waals surface area contributed by atoms with Crippen LogP contribution in [0.15, 0.2) is 17.2 Å². The number of rotatable bonds is 9. The van der Waals surface area contributed by atoms with Crippen molar-refractivity contribution in [3.05, 3.63) is 24.4 Å². The van der Waals surface area contributed by atoms with Crippen molar-refractivity contribution in [3.63, 3.8) is 0 Å². The lowest BCUT2D eigenvalue weighted by Gasteiger charge is -2.22. The molecule has 0 radical (unpaired) electrons. The third kappa shape index (κ3) is 5.35. The molecule has 142 valence electrons. The average Bonchev–Trinajstić information content (AvgIpc) is 3.34. The van der Waals surface area contributed by atoms with Crippen molar-refractivity contribution < 1.29 is 14.5 Å². The number of amides is 1. The molecule has 2 heterocycles. The zero-order valence-electron chi connectivity index (χ0n) is 14.9. The van der Waals surface area contributed by atoms with Gasteiger partial charge in [0.2, 0.25) is 11.8 Å². The van der Waals surface area contributed by atoms with Gasteiger partial charge in [0.1, 0.15) is 19.2 Å². The summed E-state index contributed by atoms with van der Waals surface area (Å²) in [6, 6.07) is 0. The molecular weight excluding hydrogens is 336 g/mol. The molecular formula is C17H26N6O3. The molecule has 1 saturated carbocycles. The van der Waals surface area contributed by atoms with Crippen LogP contribution < -0.4 is 5.48 Å². The third-order valence-corrected chi connectivity index (χ3v) is 5.05. The number of carbonyl (C=O) groups excluding carboxylic acids is 1. The molecule has 2 aromatic heterocycles. The van der Waals surface area contributed by atoms with Crippen LogP contribution in [0.5, 0.6) is 0 Å². The fraction of sp³-hybridized carbons (Fsp3) is 0.706. The molecule has 0 aromatic carbocycles. The van der Waals surface area contributed by atoms with Crippen molar-refractivity contribution in [1.29, 1.82) is 0 Å². The molecule has 1 amide bonds. The zero-order chi connectivity index (χ0) is 18.2. The SMILES string of the molecule is O=C(C[C@@H](CCCC1CCCCC1)c1nc(Cn2cncn2)no1)NO. The van der Waals surface area contributed by atoms with Gasteiger partial charge in [-0.25, -0.2) is 15.1 Å². The molecule has 1 aliphatic carbocycles. The van der Waals surface area contributed by atoms with Gasteiger partial charge >= 0.3 is 0 Å². The minimum atomic E-state index is -0.441. The van der Waals surface area contributed by atoms with E-state index in [0.717, 1.165) is 25.2 Å². The van der Waals surface area contributed by atoms with Gasteiger partial charge in [-0.1, -0.05) is 50.1 Å². The predicted octanol–water partition coefficient (Wildman–Crippen LogP) is 2.44. The largest absolute Gasteiger partial charge is 0.339 e. The van der Waals surface area contributed by atoms with Crippen molar-refractivity contribution >= 4 is 5.91 Å². The van der Waals surface area contributed by atoms with Crippen LogP contribution >= 0.6 is 0 Å². The van der Waals surface area contributed by atoms with Gasteiger partial charge in [0, 0.05) is 12.3 Å². The first kappa shape index (κ1) is 18.5. The van der Waals surface area contributed by atoms with Gasteiger partial charge in [-0.15, -0.1) is 0 Å². The van der Waals surface area contributed by atoms with Crippen LogP contribution in [-0.4, -0.2) is 36.0 Å². The quantitative estimate of drug-likeness (QED) is 0.519. The highest BCUT2D eigenvalue weighted by Crippen LogP contribution is 2.31. The summed E-state index contributed by atoms with van der Waals surface area (Å²) in [4.78, 5) is 19.9. The lowest BCUT2D eigenvalue weighted by atomic mass is 9.84. The van der Waals surface area contributed by atoms with Crippen LogP contribution in [0.3, 0.4) is 0 Å². The van der Waals surface area contributed by atoms with Gasteiger partial charge in [0.25, 0.3) is 0 Å². The summed E-state index contributed by atoms with van der Waals surface area (Å²) in [5.41, 5.74) is 1.70. The molecule has 0 saturated heterocycles. The van der Waals surface area contributed by atoms with E-state index in [1.165, 1.54) is 38.4 Å². The molecule has 2 aromatic rings. The first-order valence-electron chi connectivity index (χ1n) is 9.32. The Bertz CT molecular complexity index is 666. The average molecular weight is 362 g/mol. The van der Waals surface area contributed by atoms with Crippen molar-refractivity contribution in [1.82, 2.24) is 30.4 Å². The normalized spacial score (nSPS) is 16.5. The summed E-state index contributed by atoms with van der Waals surface area (Å²) in [6.45, 7) is 0.366. The van der Waals surface area contributed by atoms with Gasteiger partial charge in [-0.05, 0) is 12.3 Å². The smallest absolute Gasteiger partial charge is 0.244 e. The fourth-order valence-electron chi connectivity index (χ4n) is 3.67. The van der Waals surface area contributed by atoms with Crippen molar-refractivity contribution in [2.45, 2.75) is 70.3 Å². The second kappa shape index (κ2) is 9.42. The van der Waals surface area contributed by atoms with Gasteiger partial charge in [0.05, 0.1) is 0 Å². The van der Waals surface area contributed by atoms with Crippen molar-refractivity contribution in [2.75, 3.05) is 0 Å². The standard InChI is InChI=1S/C17H26N6O3/c24-16(21-25)9-14(8-4-7-13-5-2-1-3-6-13)17-20-15(22-26-17)10-23-12-18-11-19-23/h11-14,25H,1-10H2,(H,21,24)/t14-/m1/s1. The van der Waals surface area contributed by atoms with E-state index in [1.54, 1.807) is 16.5 Å². The van der Waals surface area contributed by atoms with Gasteiger partial charge in [0.15, 0.2) is 5.82 Å². The molecule has 1 fully saturated rings. The van der Waals surface area contributed by atoms with Crippen molar-refractivity contribution in [2.24, 2.45) is 5.92 Å². The van der Waals surface area contributed by atoms with Crippen LogP contribution in [0.2, 0.25) is 0 Å². The Morgan fingerprint density at radius 3 is 2.96 bits per heavy atom. The minimum Gasteiger partial charge on any atom is -0.339 e. The second-order valence-corrected chi connectivity index (χ2v) is 7.01. The van der Waals surface area contributed by atoms with E-state index in [-0.39, 0.29) is 12.3 Å². The van der Waals surface area contributed by atoms with E-state index >= 15 is 0 Å². The molecule has 0 aliphatic heterocycles. The second-order valence-electron chi connectivity index (χ2n) is 7.01. The molecule has 2 N–H and O–H groups in total. The lowest BCUT2D eigenvalue weighted by Crippen LogP contribution is -2.21. The first-order chi connectivity index (χ1) is 12.7. The van der Waals surface area contributed by atoms with E-state index < -0.39 is 5.91 Å². The third-order valence-electron chi connectivity index (χ3n) is 5.05. The Labute approximate surface area is 152 Å². The Kier molecular flexibility index (Phi) is 6.70. The molecule has 9 nitrogen and oxygen atoms in total. The van der Waals surface area contributed by atoms with E-state index in [4.69, 9.17) is 9.73 Å². The molecule has 0 unspecified atom stereocenters. The highest BCUT2D eigenvalue weighted by Gasteiger charge is 2.23. The summed E-state index contributed by atoms with van der Waals surface area (Å²) in [6.07, 6.45) is 12.7. The topological polar surface area (TPSA) is 119 Å². The molecule has 9 heteroatoms. The number of nitrogens with zero attached hydrogens (tertiary/aromatic N) is 5. The maximum Gasteiger partial charge on any atom is 0.244 e. The number of nitrogens with one attached hydrogen (secondary N) is 1. The van der Waals surface area contributed by atoms with E-state index in [9.17, 15) is 4.79 Å². The summed E-state index contributed by atoms with van der Waals surface area (Å²) in [5.74, 6) is 1.09. The van der Waals surface area contributed by atoms with Gasteiger partial charge in [-0.2, -0.15) is 10.1 Å². The van der Waals surface area contributed by atoms with Crippen LogP contribution in [0.4, 0.5) is 0 Å². The first-order valence-corrected chi connectivity index (χ1v) is 9.32. The Balaban J connectivity index is 1.57. The summed E-state index contributed by atoms with van der Waals surface area (Å²) in [7, 11) is 0. The highest BCUT2D eigenvalue weighted by atomic mass is 16.5. The predicted molar refractivity (Wildman–Crippen MR) is 91.1 cm³/mol. The number of hydrogen-bond acceptors (Lipinski definition) is 7. The van der Waals surface area contributed by atoms with Crippen LogP contribution in [0.1, 0.15) is 75.4 Å². The number of carbonyl (C=O) groups is 1. The Hall–Kier alpha value is -2.29. The number of aromatic nitrogens is 5. The van der Waals surface area contributed by atoms with Crippen molar-refractivity contribution in [3.8, 4) is 0 Å². The molecule has 1 aliphatic rings. The maximum absolute atomic E-state index is 11.7. The maximum atomic E-state index is 11.7. The lowest BCUT2D eigenvalue weighted by molar-refractivity contribution is -0.129. The monoisotopic (exact) mass is 362 g/mol. The fourth-order valence-corrected chi connectivity index (χ4v) is 3.67. The Morgan fingerprint density at radius 2 is 2.23 bits per heavy atom. The van der Waals surface area contributed by atoms with Crippen LogP contribution in [0.25, 0.3) is 0 Å². The number of hydrogen-bond donors (Lipinski definition) is 2. The molecule has 3 rings (SSSR count). The molecule has 1 atom stereocenters. The minimum absolute atomic E-state index is 0.131. The Morgan fingerprint density at radius 1 is 1.38 bits per heavy atom.